The lowest BCUT2D eigenvalue weighted by Crippen LogP contribution is -2.47. The maximum absolute atomic E-state index is 12.4. The molecular weight excluding hydrogens is 392 g/mol. The third-order valence-electron chi connectivity index (χ3n) is 5.36. The molecule has 158 valence electrons. The molecule has 0 aromatic heterocycles. The van der Waals surface area contributed by atoms with E-state index in [1.54, 1.807) is 6.92 Å². The molecule has 0 saturated heterocycles. The van der Waals surface area contributed by atoms with Crippen LogP contribution in [0.15, 0.2) is 65.9 Å². The lowest BCUT2D eigenvalue weighted by molar-refractivity contribution is -0.114. The van der Waals surface area contributed by atoms with Crippen LogP contribution in [0.5, 0.6) is 5.75 Å². The summed E-state index contributed by atoms with van der Waals surface area (Å²) in [5.41, 5.74) is 4.05. The SMILES string of the molecule is CCCN1C(=S)NC(c2ccc(OCCCc3ccccc3)cc2)C(C(C)=O)=C1C. The molecule has 3 rings (SSSR count). The van der Waals surface area contributed by atoms with E-state index in [2.05, 4.69) is 36.5 Å². The van der Waals surface area contributed by atoms with Crippen molar-refractivity contribution in [1.29, 1.82) is 0 Å². The molecule has 0 bridgehead atoms. The Morgan fingerprint density at radius 2 is 1.83 bits per heavy atom. The van der Waals surface area contributed by atoms with E-state index in [1.165, 1.54) is 5.56 Å². The van der Waals surface area contributed by atoms with E-state index >= 15 is 0 Å². The first-order chi connectivity index (χ1) is 14.5. The van der Waals surface area contributed by atoms with Crippen LogP contribution in [0.2, 0.25) is 0 Å². The Bertz CT molecular complexity index is 907. The van der Waals surface area contributed by atoms with Gasteiger partial charge in [-0.25, -0.2) is 0 Å². The van der Waals surface area contributed by atoms with E-state index in [-0.39, 0.29) is 11.8 Å². The van der Waals surface area contributed by atoms with Crippen LogP contribution < -0.4 is 10.1 Å². The predicted octanol–water partition coefficient (Wildman–Crippen LogP) is 5.20. The van der Waals surface area contributed by atoms with Crippen molar-refractivity contribution >= 4 is 23.1 Å². The van der Waals surface area contributed by atoms with Crippen LogP contribution >= 0.6 is 12.2 Å². The Hall–Kier alpha value is -2.66. The van der Waals surface area contributed by atoms with Crippen molar-refractivity contribution in [1.82, 2.24) is 10.2 Å². The summed E-state index contributed by atoms with van der Waals surface area (Å²) >= 11 is 5.57. The summed E-state index contributed by atoms with van der Waals surface area (Å²) in [6.07, 6.45) is 2.93. The van der Waals surface area contributed by atoms with Gasteiger partial charge in [-0.2, -0.15) is 0 Å². The van der Waals surface area contributed by atoms with Crippen LogP contribution in [-0.4, -0.2) is 28.9 Å². The fourth-order valence-electron chi connectivity index (χ4n) is 3.85. The topological polar surface area (TPSA) is 41.6 Å². The highest BCUT2D eigenvalue weighted by Crippen LogP contribution is 2.32. The van der Waals surface area contributed by atoms with Gasteiger partial charge in [-0.05, 0) is 68.6 Å². The fourth-order valence-corrected chi connectivity index (χ4v) is 4.19. The number of thiocarbonyl (C=S) groups is 1. The zero-order valence-electron chi connectivity index (χ0n) is 18.0. The largest absolute Gasteiger partial charge is 0.494 e. The minimum absolute atomic E-state index is 0.0647. The summed E-state index contributed by atoms with van der Waals surface area (Å²) in [5.74, 6) is 0.901. The van der Waals surface area contributed by atoms with Gasteiger partial charge in [0.05, 0.1) is 12.6 Å². The number of nitrogens with one attached hydrogen (secondary N) is 1. The Morgan fingerprint density at radius 1 is 1.13 bits per heavy atom. The first kappa shape index (κ1) is 22.0. The molecule has 5 heteroatoms. The number of Topliss-reactive ketones (excluding diaryl/α,β-unsaturated/α-hetero) is 1. The Balaban J connectivity index is 1.65. The molecule has 1 unspecified atom stereocenters. The van der Waals surface area contributed by atoms with Gasteiger partial charge in [-0.15, -0.1) is 0 Å². The first-order valence-corrected chi connectivity index (χ1v) is 11.0. The van der Waals surface area contributed by atoms with Crippen LogP contribution in [-0.2, 0) is 11.2 Å². The van der Waals surface area contributed by atoms with E-state index in [9.17, 15) is 4.79 Å². The number of ketones is 1. The minimum Gasteiger partial charge on any atom is -0.494 e. The van der Waals surface area contributed by atoms with Crippen LogP contribution in [0.1, 0.15) is 50.8 Å². The van der Waals surface area contributed by atoms with Crippen molar-refractivity contribution in [3.05, 3.63) is 77.0 Å². The predicted molar refractivity (Wildman–Crippen MR) is 126 cm³/mol. The van der Waals surface area contributed by atoms with Crippen LogP contribution in [0, 0.1) is 0 Å². The summed E-state index contributed by atoms with van der Waals surface area (Å²) in [6.45, 7) is 7.18. The number of aryl methyl sites for hydroxylation is 1. The molecule has 0 aliphatic carbocycles. The van der Waals surface area contributed by atoms with Gasteiger partial charge in [-0.3, -0.25) is 4.79 Å². The number of nitrogens with zero attached hydrogens (tertiary/aromatic N) is 1. The molecule has 1 heterocycles. The van der Waals surface area contributed by atoms with Gasteiger partial charge in [0.1, 0.15) is 5.75 Å². The Labute approximate surface area is 184 Å². The van der Waals surface area contributed by atoms with E-state index in [0.29, 0.717) is 11.7 Å². The summed E-state index contributed by atoms with van der Waals surface area (Å²) in [6, 6.07) is 18.2. The number of hydrogen-bond acceptors (Lipinski definition) is 3. The summed E-state index contributed by atoms with van der Waals surface area (Å²) < 4.78 is 5.90. The summed E-state index contributed by atoms with van der Waals surface area (Å²) in [7, 11) is 0. The highest BCUT2D eigenvalue weighted by atomic mass is 32.1. The molecule has 30 heavy (non-hydrogen) atoms. The van der Waals surface area contributed by atoms with Gasteiger partial charge in [0.15, 0.2) is 10.9 Å². The first-order valence-electron chi connectivity index (χ1n) is 10.6. The van der Waals surface area contributed by atoms with E-state index in [1.807, 2.05) is 42.2 Å². The van der Waals surface area contributed by atoms with Crippen LogP contribution in [0.4, 0.5) is 0 Å². The monoisotopic (exact) mass is 422 g/mol. The van der Waals surface area contributed by atoms with Gasteiger partial charge in [0, 0.05) is 17.8 Å². The van der Waals surface area contributed by atoms with Crippen molar-refractivity contribution < 1.29 is 9.53 Å². The quantitative estimate of drug-likeness (QED) is 0.444. The molecular formula is C25H30N2O2S. The summed E-state index contributed by atoms with van der Waals surface area (Å²) in [5, 5.41) is 4.03. The van der Waals surface area contributed by atoms with Crippen LogP contribution in [0.25, 0.3) is 0 Å². The van der Waals surface area contributed by atoms with Gasteiger partial charge in [-0.1, -0.05) is 49.4 Å². The maximum atomic E-state index is 12.4. The molecule has 0 saturated carbocycles. The minimum atomic E-state index is -0.227. The molecule has 0 radical (unpaired) electrons. The number of carbonyl (C=O) groups excluding carboxylic acids is 1. The molecule has 0 spiro atoms. The fraction of sp³-hybridized carbons (Fsp3) is 0.360. The number of hydrogen-bond donors (Lipinski definition) is 1. The maximum Gasteiger partial charge on any atom is 0.173 e. The zero-order valence-corrected chi connectivity index (χ0v) is 18.8. The van der Waals surface area contributed by atoms with Crippen molar-refractivity contribution in [2.24, 2.45) is 0 Å². The molecule has 1 atom stereocenters. The van der Waals surface area contributed by atoms with Gasteiger partial charge in [0.2, 0.25) is 0 Å². The summed E-state index contributed by atoms with van der Waals surface area (Å²) in [4.78, 5) is 14.4. The van der Waals surface area contributed by atoms with Crippen molar-refractivity contribution in [2.75, 3.05) is 13.2 Å². The highest BCUT2D eigenvalue weighted by Gasteiger charge is 2.31. The van der Waals surface area contributed by atoms with E-state index in [4.69, 9.17) is 17.0 Å². The van der Waals surface area contributed by atoms with Crippen molar-refractivity contribution in [3.8, 4) is 5.75 Å². The lowest BCUT2D eigenvalue weighted by atomic mass is 9.92. The van der Waals surface area contributed by atoms with Crippen molar-refractivity contribution in [3.63, 3.8) is 0 Å². The normalized spacial score (nSPS) is 16.4. The number of rotatable bonds is 9. The standard InChI is InChI=1S/C25H30N2O2S/c1-4-16-27-18(2)23(19(3)28)24(26-25(27)30)21-12-14-22(15-13-21)29-17-8-11-20-9-6-5-7-10-20/h5-7,9-10,12-15,24H,4,8,11,16-17H2,1-3H3,(H,26,30). The number of carbonyl (C=O) groups is 1. The zero-order chi connectivity index (χ0) is 21.5. The van der Waals surface area contributed by atoms with Gasteiger partial charge in [0.25, 0.3) is 0 Å². The molecule has 0 amide bonds. The Morgan fingerprint density at radius 3 is 2.47 bits per heavy atom. The van der Waals surface area contributed by atoms with E-state index < -0.39 is 0 Å². The molecule has 2 aromatic carbocycles. The van der Waals surface area contributed by atoms with Crippen molar-refractivity contribution in [2.45, 2.75) is 46.1 Å². The highest BCUT2D eigenvalue weighted by molar-refractivity contribution is 7.80. The van der Waals surface area contributed by atoms with E-state index in [0.717, 1.165) is 48.4 Å². The number of allylic oxidation sites excluding steroid dienone is 1. The van der Waals surface area contributed by atoms with Crippen LogP contribution in [0.3, 0.4) is 0 Å². The molecule has 0 fully saturated rings. The average Bonchev–Trinajstić information content (AvgIpc) is 2.74. The molecule has 2 aromatic rings. The third-order valence-corrected chi connectivity index (χ3v) is 5.70. The Kier molecular flexibility index (Phi) is 7.63. The average molecular weight is 423 g/mol. The number of benzene rings is 2. The lowest BCUT2D eigenvalue weighted by Gasteiger charge is -2.37. The second-order valence-electron chi connectivity index (χ2n) is 7.60. The second kappa shape index (κ2) is 10.4. The third kappa shape index (κ3) is 5.28. The molecule has 4 nitrogen and oxygen atoms in total. The smallest absolute Gasteiger partial charge is 0.173 e. The molecule has 1 N–H and O–H groups in total. The van der Waals surface area contributed by atoms with Gasteiger partial charge >= 0.3 is 0 Å². The second-order valence-corrected chi connectivity index (χ2v) is 7.98. The number of ether oxygens (including phenoxy) is 1. The van der Waals surface area contributed by atoms with Gasteiger partial charge < -0.3 is 15.0 Å². The molecule has 1 aliphatic rings. The molecule has 1 aliphatic heterocycles.